The summed E-state index contributed by atoms with van der Waals surface area (Å²) in [5.74, 6) is 1.04. The molecule has 0 saturated heterocycles. The third-order valence-corrected chi connectivity index (χ3v) is 2.94. The standard InChI is InChI=1S/C10H13ClN2S2/c1-15-5-4-13-9-3-2-7(11)6-8(9)10(12)14/h2-3,6,13H,4-5H2,1H3,(H2,12,14). The summed E-state index contributed by atoms with van der Waals surface area (Å²) in [4.78, 5) is 0.365. The summed E-state index contributed by atoms with van der Waals surface area (Å²) < 4.78 is 0. The van der Waals surface area contributed by atoms with E-state index >= 15 is 0 Å². The third-order valence-electron chi connectivity index (χ3n) is 1.87. The van der Waals surface area contributed by atoms with Crippen LogP contribution in [0.2, 0.25) is 5.02 Å². The minimum atomic E-state index is 0.365. The number of thiocarbonyl (C=S) groups is 1. The van der Waals surface area contributed by atoms with Gasteiger partial charge in [-0.25, -0.2) is 0 Å². The molecule has 0 spiro atoms. The number of halogens is 1. The van der Waals surface area contributed by atoms with Gasteiger partial charge in [-0.2, -0.15) is 11.8 Å². The monoisotopic (exact) mass is 260 g/mol. The van der Waals surface area contributed by atoms with Gasteiger partial charge in [0.15, 0.2) is 0 Å². The van der Waals surface area contributed by atoms with E-state index in [1.54, 1.807) is 17.8 Å². The highest BCUT2D eigenvalue weighted by molar-refractivity contribution is 7.98. The van der Waals surface area contributed by atoms with E-state index in [-0.39, 0.29) is 0 Å². The van der Waals surface area contributed by atoms with Gasteiger partial charge in [0.1, 0.15) is 4.99 Å². The Morgan fingerprint density at radius 1 is 1.60 bits per heavy atom. The van der Waals surface area contributed by atoms with Gasteiger partial charge in [-0.1, -0.05) is 23.8 Å². The lowest BCUT2D eigenvalue weighted by Crippen LogP contribution is -2.14. The molecule has 1 rings (SSSR count). The van der Waals surface area contributed by atoms with E-state index in [0.717, 1.165) is 23.5 Å². The van der Waals surface area contributed by atoms with Gasteiger partial charge in [0.25, 0.3) is 0 Å². The van der Waals surface area contributed by atoms with Crippen LogP contribution in [0.4, 0.5) is 5.69 Å². The Labute approximate surface area is 105 Å². The molecule has 0 aliphatic rings. The van der Waals surface area contributed by atoms with E-state index in [2.05, 4.69) is 11.6 Å². The summed E-state index contributed by atoms with van der Waals surface area (Å²) in [5, 5.41) is 3.92. The molecule has 0 unspecified atom stereocenters. The smallest absolute Gasteiger partial charge is 0.106 e. The molecular formula is C10H13ClN2S2. The summed E-state index contributed by atoms with van der Waals surface area (Å²) in [6.07, 6.45) is 2.07. The molecule has 0 heterocycles. The van der Waals surface area contributed by atoms with Crippen molar-refractivity contribution in [3.63, 3.8) is 0 Å². The van der Waals surface area contributed by atoms with Crippen molar-refractivity contribution in [1.29, 1.82) is 0 Å². The van der Waals surface area contributed by atoms with Crippen molar-refractivity contribution in [2.45, 2.75) is 0 Å². The van der Waals surface area contributed by atoms with Crippen molar-refractivity contribution in [2.24, 2.45) is 5.73 Å². The molecule has 5 heteroatoms. The Morgan fingerprint density at radius 2 is 2.33 bits per heavy atom. The van der Waals surface area contributed by atoms with Crippen LogP contribution < -0.4 is 11.1 Å². The molecule has 0 radical (unpaired) electrons. The Balaban J connectivity index is 2.81. The zero-order chi connectivity index (χ0) is 11.3. The Kier molecular flexibility index (Phi) is 5.22. The number of benzene rings is 1. The Hall–Kier alpha value is -0.450. The molecule has 0 aliphatic carbocycles. The molecule has 0 atom stereocenters. The first-order valence-corrected chi connectivity index (χ1v) is 6.65. The van der Waals surface area contributed by atoms with Crippen LogP contribution >= 0.6 is 35.6 Å². The number of hydrogen-bond acceptors (Lipinski definition) is 3. The van der Waals surface area contributed by atoms with Crippen LogP contribution in [0.1, 0.15) is 5.56 Å². The summed E-state index contributed by atoms with van der Waals surface area (Å²) in [5.41, 5.74) is 7.36. The highest BCUT2D eigenvalue weighted by Gasteiger charge is 2.05. The summed E-state index contributed by atoms with van der Waals surface area (Å²) in [7, 11) is 0. The first-order valence-electron chi connectivity index (χ1n) is 4.47. The van der Waals surface area contributed by atoms with Gasteiger partial charge in [0.05, 0.1) is 0 Å². The average Bonchev–Trinajstić information content (AvgIpc) is 2.20. The van der Waals surface area contributed by atoms with Crippen LogP contribution in [0, 0.1) is 0 Å². The van der Waals surface area contributed by atoms with E-state index < -0.39 is 0 Å². The number of anilines is 1. The molecule has 2 nitrogen and oxygen atoms in total. The highest BCUT2D eigenvalue weighted by Crippen LogP contribution is 2.20. The van der Waals surface area contributed by atoms with Crippen LogP contribution in [0.25, 0.3) is 0 Å². The van der Waals surface area contributed by atoms with Gasteiger partial charge in [-0.15, -0.1) is 0 Å². The quantitative estimate of drug-likeness (QED) is 0.631. The van der Waals surface area contributed by atoms with E-state index in [9.17, 15) is 0 Å². The number of rotatable bonds is 5. The van der Waals surface area contributed by atoms with Crippen molar-refractivity contribution in [3.05, 3.63) is 28.8 Å². The summed E-state index contributed by atoms with van der Waals surface area (Å²) in [6.45, 7) is 0.887. The second kappa shape index (κ2) is 6.20. The van der Waals surface area contributed by atoms with Gasteiger partial charge in [0.2, 0.25) is 0 Å². The fraction of sp³-hybridized carbons (Fsp3) is 0.300. The lowest BCUT2D eigenvalue weighted by molar-refractivity contribution is 1.23. The van der Waals surface area contributed by atoms with E-state index in [1.165, 1.54) is 0 Å². The van der Waals surface area contributed by atoms with Crippen LogP contribution in [-0.2, 0) is 0 Å². The van der Waals surface area contributed by atoms with Crippen molar-refractivity contribution < 1.29 is 0 Å². The lowest BCUT2D eigenvalue weighted by atomic mass is 10.2. The van der Waals surface area contributed by atoms with E-state index in [1.807, 2.05) is 12.1 Å². The fourth-order valence-corrected chi connectivity index (χ4v) is 1.81. The van der Waals surface area contributed by atoms with Crippen LogP contribution in [0.15, 0.2) is 18.2 Å². The second-order valence-corrected chi connectivity index (χ2v) is 4.84. The highest BCUT2D eigenvalue weighted by atomic mass is 35.5. The SMILES string of the molecule is CSCCNc1ccc(Cl)cc1C(N)=S. The molecule has 3 N–H and O–H groups in total. The number of nitrogens with one attached hydrogen (secondary N) is 1. The maximum Gasteiger partial charge on any atom is 0.106 e. The molecule has 15 heavy (non-hydrogen) atoms. The first-order chi connectivity index (χ1) is 7.15. The fourth-order valence-electron chi connectivity index (χ4n) is 1.16. The number of nitrogens with two attached hydrogens (primary N) is 1. The van der Waals surface area contributed by atoms with Crippen molar-refractivity contribution >= 4 is 46.3 Å². The van der Waals surface area contributed by atoms with Gasteiger partial charge in [0, 0.05) is 28.6 Å². The molecule has 1 aromatic rings. The van der Waals surface area contributed by atoms with Gasteiger partial charge >= 0.3 is 0 Å². The molecule has 0 aromatic heterocycles. The second-order valence-electron chi connectivity index (χ2n) is 2.97. The van der Waals surface area contributed by atoms with E-state index in [4.69, 9.17) is 29.6 Å². The zero-order valence-corrected chi connectivity index (χ0v) is 10.8. The van der Waals surface area contributed by atoms with Crippen LogP contribution in [0.3, 0.4) is 0 Å². The van der Waals surface area contributed by atoms with Crippen molar-refractivity contribution in [2.75, 3.05) is 23.9 Å². The molecule has 0 fully saturated rings. The summed E-state index contributed by atoms with van der Waals surface area (Å²) >= 11 is 12.6. The number of thioether (sulfide) groups is 1. The average molecular weight is 261 g/mol. The largest absolute Gasteiger partial charge is 0.389 e. The van der Waals surface area contributed by atoms with Crippen molar-refractivity contribution in [1.82, 2.24) is 0 Å². The van der Waals surface area contributed by atoms with E-state index in [0.29, 0.717) is 10.0 Å². The molecule has 0 bridgehead atoms. The topological polar surface area (TPSA) is 38.0 Å². The molecule has 1 aromatic carbocycles. The predicted molar refractivity (Wildman–Crippen MR) is 74.2 cm³/mol. The Bertz CT molecular complexity index is 355. The van der Waals surface area contributed by atoms with Gasteiger partial charge in [-0.3, -0.25) is 0 Å². The molecule has 82 valence electrons. The molecule has 0 saturated carbocycles. The third kappa shape index (κ3) is 3.89. The lowest BCUT2D eigenvalue weighted by Gasteiger charge is -2.10. The minimum absolute atomic E-state index is 0.365. The molecular weight excluding hydrogens is 248 g/mol. The minimum Gasteiger partial charge on any atom is -0.389 e. The maximum atomic E-state index is 5.88. The first kappa shape index (κ1) is 12.6. The maximum absolute atomic E-state index is 5.88. The molecule has 0 aliphatic heterocycles. The Morgan fingerprint density at radius 3 is 2.93 bits per heavy atom. The van der Waals surface area contributed by atoms with Crippen LogP contribution in [-0.4, -0.2) is 23.5 Å². The predicted octanol–water partition coefficient (Wildman–Crippen LogP) is 2.75. The zero-order valence-electron chi connectivity index (χ0n) is 8.42. The van der Waals surface area contributed by atoms with Gasteiger partial charge < -0.3 is 11.1 Å². The van der Waals surface area contributed by atoms with Gasteiger partial charge in [-0.05, 0) is 24.5 Å². The van der Waals surface area contributed by atoms with Crippen molar-refractivity contribution in [3.8, 4) is 0 Å². The summed E-state index contributed by atoms with van der Waals surface area (Å²) in [6, 6.07) is 5.51. The van der Waals surface area contributed by atoms with Crippen LogP contribution in [0.5, 0.6) is 0 Å². The normalized spacial score (nSPS) is 10.0. The molecule has 0 amide bonds. The number of hydrogen-bond donors (Lipinski definition) is 2.